The predicted molar refractivity (Wildman–Crippen MR) is 111 cm³/mol. The van der Waals surface area contributed by atoms with Gasteiger partial charge in [-0.1, -0.05) is 29.8 Å². The van der Waals surface area contributed by atoms with Crippen LogP contribution in [0.3, 0.4) is 0 Å². The first-order valence-electron chi connectivity index (χ1n) is 10.1. The number of aromatic nitrogens is 1. The van der Waals surface area contributed by atoms with Crippen LogP contribution >= 0.6 is 11.6 Å². The summed E-state index contributed by atoms with van der Waals surface area (Å²) in [4.78, 5) is 21.1. The monoisotopic (exact) mass is 437 g/mol. The molecular weight excluding hydrogens is 415 g/mol. The van der Waals surface area contributed by atoms with E-state index in [-0.39, 0.29) is 22.9 Å². The quantitative estimate of drug-likeness (QED) is 0.636. The number of anilines is 2. The Kier molecular flexibility index (Phi) is 5.66. The molecule has 1 aromatic carbocycles. The number of carbonyl (C=O) groups is 1. The zero-order valence-corrected chi connectivity index (χ0v) is 17.4. The van der Waals surface area contributed by atoms with Crippen LogP contribution in [0.2, 0.25) is 5.02 Å². The summed E-state index contributed by atoms with van der Waals surface area (Å²) in [5.41, 5.74) is 1.33. The molecule has 30 heavy (non-hydrogen) atoms. The number of aryl methyl sites for hydroxylation is 1. The number of hydrogen-bond acceptors (Lipinski definition) is 3. The number of amides is 1. The van der Waals surface area contributed by atoms with Crippen molar-refractivity contribution in [3.05, 3.63) is 52.7 Å². The van der Waals surface area contributed by atoms with E-state index in [1.165, 1.54) is 5.56 Å². The van der Waals surface area contributed by atoms with Gasteiger partial charge in [0.1, 0.15) is 5.82 Å². The smallest absolute Gasteiger partial charge is 0.355 e. The fourth-order valence-corrected chi connectivity index (χ4v) is 4.66. The van der Waals surface area contributed by atoms with Crippen LogP contribution in [0.4, 0.5) is 24.7 Å². The van der Waals surface area contributed by atoms with Crippen molar-refractivity contribution in [2.24, 2.45) is 5.92 Å². The third-order valence-corrected chi connectivity index (χ3v) is 6.33. The highest BCUT2D eigenvalue weighted by Crippen LogP contribution is 2.36. The van der Waals surface area contributed by atoms with Gasteiger partial charge in [-0.25, -0.2) is 4.98 Å². The van der Waals surface area contributed by atoms with Crippen molar-refractivity contribution in [1.29, 1.82) is 0 Å². The van der Waals surface area contributed by atoms with Crippen LogP contribution in [0.25, 0.3) is 0 Å². The van der Waals surface area contributed by atoms with Crippen molar-refractivity contribution in [3.8, 4) is 0 Å². The second kappa shape index (κ2) is 8.10. The van der Waals surface area contributed by atoms with Gasteiger partial charge < -0.3 is 9.80 Å². The third kappa shape index (κ3) is 4.00. The van der Waals surface area contributed by atoms with Crippen LogP contribution < -0.4 is 9.80 Å². The van der Waals surface area contributed by atoms with Crippen LogP contribution in [-0.4, -0.2) is 30.0 Å². The van der Waals surface area contributed by atoms with Gasteiger partial charge >= 0.3 is 6.18 Å². The van der Waals surface area contributed by atoms with Crippen molar-refractivity contribution >= 4 is 29.0 Å². The molecule has 4 rings (SSSR count). The molecule has 0 bridgehead atoms. The van der Waals surface area contributed by atoms with E-state index in [1.807, 2.05) is 28.0 Å². The summed E-state index contributed by atoms with van der Waals surface area (Å²) in [6, 6.07) is 9.09. The summed E-state index contributed by atoms with van der Waals surface area (Å²) in [6.45, 7) is 3.13. The lowest BCUT2D eigenvalue weighted by Gasteiger charge is -2.40. The highest BCUT2D eigenvalue weighted by molar-refractivity contribution is 6.33. The van der Waals surface area contributed by atoms with E-state index in [4.69, 9.17) is 11.6 Å². The van der Waals surface area contributed by atoms with Gasteiger partial charge in [0.25, 0.3) is 0 Å². The molecule has 0 spiro atoms. The number of pyridine rings is 1. The Morgan fingerprint density at radius 3 is 2.53 bits per heavy atom. The van der Waals surface area contributed by atoms with E-state index in [9.17, 15) is 18.0 Å². The Labute approximate surface area is 178 Å². The maximum atomic E-state index is 13.3. The first-order valence-corrected chi connectivity index (χ1v) is 10.5. The molecule has 0 N–H and O–H groups in total. The van der Waals surface area contributed by atoms with E-state index in [1.54, 1.807) is 0 Å². The fourth-order valence-electron chi connectivity index (χ4n) is 4.38. The van der Waals surface area contributed by atoms with Crippen molar-refractivity contribution < 1.29 is 18.0 Å². The second-order valence-electron chi connectivity index (χ2n) is 8.01. The lowest BCUT2D eigenvalue weighted by Crippen LogP contribution is -2.48. The molecule has 2 aromatic rings. The van der Waals surface area contributed by atoms with Crippen molar-refractivity contribution in [1.82, 2.24) is 4.98 Å². The molecule has 0 saturated carbocycles. The number of carbonyl (C=O) groups excluding carboxylic acids is 1. The summed E-state index contributed by atoms with van der Waals surface area (Å²) in [5, 5.41) is -0.0202. The Bertz CT molecular complexity index is 941. The highest BCUT2D eigenvalue weighted by atomic mass is 35.5. The fraction of sp³-hybridized carbons (Fsp3) is 0.455. The molecule has 1 unspecified atom stereocenters. The summed E-state index contributed by atoms with van der Waals surface area (Å²) < 4.78 is 38.5. The molecule has 160 valence electrons. The molecule has 1 saturated heterocycles. The maximum absolute atomic E-state index is 13.3. The average Bonchev–Trinajstić information content (AvgIpc) is 2.73. The van der Waals surface area contributed by atoms with Gasteiger partial charge in [-0.2, -0.15) is 13.2 Å². The standard InChI is InChI=1S/C22H23ClF3N3O/c1-14-6-7-15-4-2-3-5-19(15)29(14)21(30)16-8-10-28(11-9-16)20-18(23)12-17(13-27-20)22(24,25)26/h2-5,12-14,16H,6-11H2,1H3. The molecule has 0 aliphatic carbocycles. The van der Waals surface area contributed by atoms with Crippen LogP contribution in [0.1, 0.15) is 37.3 Å². The van der Waals surface area contributed by atoms with Gasteiger partial charge in [0.15, 0.2) is 0 Å². The molecule has 1 fully saturated rings. The number of hydrogen-bond donors (Lipinski definition) is 0. The normalized spacial score (nSPS) is 20.2. The lowest BCUT2D eigenvalue weighted by atomic mass is 9.91. The van der Waals surface area contributed by atoms with E-state index >= 15 is 0 Å². The largest absolute Gasteiger partial charge is 0.417 e. The number of benzene rings is 1. The molecule has 8 heteroatoms. The maximum Gasteiger partial charge on any atom is 0.417 e. The van der Waals surface area contributed by atoms with Gasteiger partial charge in [-0.15, -0.1) is 0 Å². The van der Waals surface area contributed by atoms with Gasteiger partial charge in [0, 0.05) is 36.9 Å². The lowest BCUT2D eigenvalue weighted by molar-refractivity contribution is -0.137. The first kappa shape index (κ1) is 21.0. The number of piperidine rings is 1. The molecule has 3 heterocycles. The van der Waals surface area contributed by atoms with Crippen LogP contribution in [0.5, 0.6) is 0 Å². The summed E-state index contributed by atoms with van der Waals surface area (Å²) in [5.74, 6) is 0.344. The van der Waals surface area contributed by atoms with Crippen molar-refractivity contribution in [3.63, 3.8) is 0 Å². The number of fused-ring (bicyclic) bond motifs is 1. The van der Waals surface area contributed by atoms with Crippen LogP contribution in [0, 0.1) is 5.92 Å². The number of halogens is 4. The molecule has 1 amide bonds. The van der Waals surface area contributed by atoms with E-state index in [2.05, 4.69) is 18.0 Å². The Morgan fingerprint density at radius 1 is 1.17 bits per heavy atom. The first-order chi connectivity index (χ1) is 14.3. The van der Waals surface area contributed by atoms with Crippen molar-refractivity contribution in [2.75, 3.05) is 22.9 Å². The topological polar surface area (TPSA) is 36.4 Å². The Balaban J connectivity index is 1.46. The molecule has 2 aliphatic heterocycles. The summed E-state index contributed by atoms with van der Waals surface area (Å²) in [7, 11) is 0. The molecule has 4 nitrogen and oxygen atoms in total. The third-order valence-electron chi connectivity index (χ3n) is 6.05. The Morgan fingerprint density at radius 2 is 1.87 bits per heavy atom. The van der Waals surface area contributed by atoms with Gasteiger partial charge in [0.05, 0.1) is 10.6 Å². The van der Waals surface area contributed by atoms with Gasteiger partial charge in [-0.3, -0.25) is 4.79 Å². The minimum absolute atomic E-state index is 0.0202. The zero-order chi connectivity index (χ0) is 21.5. The van der Waals surface area contributed by atoms with Crippen molar-refractivity contribution in [2.45, 2.75) is 44.8 Å². The Hall–Kier alpha value is -2.28. The van der Waals surface area contributed by atoms with E-state index in [0.717, 1.165) is 30.8 Å². The number of rotatable bonds is 2. The van der Waals surface area contributed by atoms with E-state index < -0.39 is 11.7 Å². The number of nitrogens with zero attached hydrogens (tertiary/aromatic N) is 3. The highest BCUT2D eigenvalue weighted by Gasteiger charge is 2.36. The number of para-hydroxylation sites is 1. The average molecular weight is 438 g/mol. The molecule has 0 radical (unpaired) electrons. The van der Waals surface area contributed by atoms with E-state index in [0.29, 0.717) is 31.7 Å². The van der Waals surface area contributed by atoms with Crippen LogP contribution in [0.15, 0.2) is 36.5 Å². The van der Waals surface area contributed by atoms with Gasteiger partial charge in [0.2, 0.25) is 5.91 Å². The molecule has 1 atom stereocenters. The van der Waals surface area contributed by atoms with Crippen LogP contribution in [-0.2, 0) is 17.4 Å². The minimum atomic E-state index is -4.48. The summed E-state index contributed by atoms with van der Waals surface area (Å²) >= 11 is 6.09. The molecule has 2 aliphatic rings. The SMILES string of the molecule is CC1CCc2ccccc2N1C(=O)C1CCN(c2ncc(C(F)(F)F)cc2Cl)CC1. The number of alkyl halides is 3. The molecule has 1 aromatic heterocycles. The minimum Gasteiger partial charge on any atom is -0.355 e. The van der Waals surface area contributed by atoms with Gasteiger partial charge in [-0.05, 0) is 50.3 Å². The molecular formula is C22H23ClF3N3O. The summed E-state index contributed by atoms with van der Waals surface area (Å²) in [6.07, 6.45) is -0.530. The zero-order valence-electron chi connectivity index (χ0n) is 16.6. The second-order valence-corrected chi connectivity index (χ2v) is 8.42. The predicted octanol–water partition coefficient (Wildman–Crippen LogP) is 5.34.